The lowest BCUT2D eigenvalue weighted by molar-refractivity contribution is -0.0631. The Labute approximate surface area is 118 Å². The second-order valence-corrected chi connectivity index (χ2v) is 7.64. The average Bonchev–Trinajstić information content (AvgIpc) is 2.39. The van der Waals surface area contributed by atoms with Crippen molar-refractivity contribution in [2.24, 2.45) is 0 Å². The number of hydrogen-bond donors (Lipinski definition) is 1. The van der Waals surface area contributed by atoms with Crippen LogP contribution < -0.4 is 5.73 Å². The predicted molar refractivity (Wildman–Crippen MR) is 79.4 cm³/mol. The van der Waals surface area contributed by atoms with E-state index < -0.39 is 0 Å². The first kappa shape index (κ1) is 14.0. The van der Waals surface area contributed by atoms with Crippen molar-refractivity contribution in [2.75, 3.05) is 5.73 Å². The van der Waals surface area contributed by atoms with Gasteiger partial charge in [-0.3, -0.25) is 0 Å². The molecule has 4 heteroatoms. The zero-order valence-corrected chi connectivity index (χ0v) is 12.9. The van der Waals surface area contributed by atoms with Crippen LogP contribution in [0, 0.1) is 0 Å². The van der Waals surface area contributed by atoms with Crippen LogP contribution in [0.1, 0.15) is 34.1 Å². The van der Waals surface area contributed by atoms with E-state index in [1.807, 2.05) is 12.1 Å². The molecule has 1 unspecified atom stereocenters. The predicted octanol–water partition coefficient (Wildman–Crippen LogP) is 4.36. The highest BCUT2D eigenvalue weighted by Crippen LogP contribution is 2.47. The highest BCUT2D eigenvalue weighted by Gasteiger charge is 2.46. The van der Waals surface area contributed by atoms with Crippen molar-refractivity contribution < 1.29 is 4.74 Å². The maximum absolute atomic E-state index is 6.10. The molecule has 0 amide bonds. The van der Waals surface area contributed by atoms with Crippen LogP contribution in [-0.4, -0.2) is 16.5 Å². The van der Waals surface area contributed by atoms with Gasteiger partial charge in [-0.1, -0.05) is 11.6 Å². The molecule has 18 heavy (non-hydrogen) atoms. The van der Waals surface area contributed by atoms with Crippen molar-refractivity contribution in [1.29, 1.82) is 0 Å². The second-order valence-electron chi connectivity index (χ2n) is 5.96. The van der Waals surface area contributed by atoms with Gasteiger partial charge >= 0.3 is 0 Å². The van der Waals surface area contributed by atoms with Crippen molar-refractivity contribution in [3.8, 4) is 0 Å². The first-order valence-corrected chi connectivity index (χ1v) is 7.37. The van der Waals surface area contributed by atoms with Crippen LogP contribution in [0.25, 0.3) is 0 Å². The number of anilines is 1. The summed E-state index contributed by atoms with van der Waals surface area (Å²) in [6.45, 7) is 8.57. The van der Waals surface area contributed by atoms with Crippen molar-refractivity contribution >= 4 is 29.1 Å². The summed E-state index contributed by atoms with van der Waals surface area (Å²) in [7, 11) is 0. The smallest absolute Gasteiger partial charge is 0.0756 e. The van der Waals surface area contributed by atoms with E-state index >= 15 is 0 Å². The Morgan fingerprint density at radius 2 is 2.00 bits per heavy atom. The fourth-order valence-corrected chi connectivity index (χ4v) is 4.12. The zero-order chi connectivity index (χ0) is 13.6. The Morgan fingerprint density at radius 1 is 1.33 bits per heavy atom. The van der Waals surface area contributed by atoms with Gasteiger partial charge in [-0.15, -0.1) is 11.8 Å². The lowest BCUT2D eigenvalue weighted by Crippen LogP contribution is -2.30. The molecule has 2 N–H and O–H groups in total. The molecule has 100 valence electrons. The third-order valence-electron chi connectivity index (χ3n) is 3.23. The lowest BCUT2D eigenvalue weighted by Gasteiger charge is -2.27. The molecule has 1 aliphatic heterocycles. The molecule has 0 aliphatic carbocycles. The molecule has 1 aliphatic rings. The molecule has 0 radical (unpaired) electrons. The molecule has 0 saturated carbocycles. The first-order valence-electron chi connectivity index (χ1n) is 6.11. The zero-order valence-electron chi connectivity index (χ0n) is 11.3. The summed E-state index contributed by atoms with van der Waals surface area (Å²) in [5.41, 5.74) is 6.55. The van der Waals surface area contributed by atoms with E-state index in [2.05, 4.69) is 27.7 Å². The minimum absolute atomic E-state index is 0.0671. The third kappa shape index (κ3) is 2.95. The highest BCUT2D eigenvalue weighted by atomic mass is 35.5. The quantitative estimate of drug-likeness (QED) is 0.820. The van der Waals surface area contributed by atoms with Gasteiger partial charge in [-0.25, -0.2) is 0 Å². The van der Waals surface area contributed by atoms with Crippen LogP contribution in [-0.2, 0) is 4.74 Å². The van der Waals surface area contributed by atoms with Crippen molar-refractivity contribution in [1.82, 2.24) is 0 Å². The molecule has 1 heterocycles. The number of ether oxygens (including phenoxy) is 1. The van der Waals surface area contributed by atoms with Crippen LogP contribution >= 0.6 is 23.4 Å². The van der Waals surface area contributed by atoms with Gasteiger partial charge in [0, 0.05) is 20.9 Å². The summed E-state index contributed by atoms with van der Waals surface area (Å²) in [6.07, 6.45) is 1.02. The fourth-order valence-electron chi connectivity index (χ4n) is 2.48. The van der Waals surface area contributed by atoms with E-state index in [0.29, 0.717) is 10.3 Å². The van der Waals surface area contributed by atoms with Gasteiger partial charge in [0.2, 0.25) is 0 Å². The molecule has 1 atom stereocenters. The maximum atomic E-state index is 6.10. The van der Waals surface area contributed by atoms with Gasteiger partial charge in [-0.2, -0.15) is 0 Å². The van der Waals surface area contributed by atoms with E-state index in [0.717, 1.165) is 17.0 Å². The van der Waals surface area contributed by atoms with Gasteiger partial charge < -0.3 is 10.5 Å². The maximum Gasteiger partial charge on any atom is 0.0756 e. The van der Waals surface area contributed by atoms with E-state index in [-0.39, 0.29) is 11.2 Å². The third-order valence-corrected chi connectivity index (χ3v) is 5.11. The molecular formula is C14H20ClNOS. The number of benzene rings is 1. The fraction of sp³-hybridized carbons (Fsp3) is 0.571. The van der Waals surface area contributed by atoms with Crippen LogP contribution in [0.15, 0.2) is 23.1 Å². The SMILES string of the molecule is CC1(C)CC(Sc2ccc(Cl)cc2N)C(C)(C)O1. The summed E-state index contributed by atoms with van der Waals surface area (Å²) in [5.74, 6) is 0. The Morgan fingerprint density at radius 3 is 2.50 bits per heavy atom. The summed E-state index contributed by atoms with van der Waals surface area (Å²) >= 11 is 7.71. The average molecular weight is 286 g/mol. The summed E-state index contributed by atoms with van der Waals surface area (Å²) in [5, 5.41) is 1.08. The minimum atomic E-state index is -0.139. The topological polar surface area (TPSA) is 35.2 Å². The molecule has 2 nitrogen and oxygen atoms in total. The van der Waals surface area contributed by atoms with Crippen LogP contribution in [0.4, 0.5) is 5.69 Å². The molecule has 1 aromatic rings. The molecule has 1 aromatic carbocycles. The number of nitrogens with two attached hydrogens (primary N) is 1. The van der Waals surface area contributed by atoms with E-state index in [1.165, 1.54) is 0 Å². The molecule has 1 fully saturated rings. The largest absolute Gasteiger partial charge is 0.398 e. The van der Waals surface area contributed by atoms with Crippen LogP contribution in [0.5, 0.6) is 0 Å². The van der Waals surface area contributed by atoms with Gasteiger partial charge in [0.1, 0.15) is 0 Å². The minimum Gasteiger partial charge on any atom is -0.398 e. The Kier molecular flexibility index (Phi) is 3.60. The highest BCUT2D eigenvalue weighted by molar-refractivity contribution is 8.00. The standard InChI is InChI=1S/C14H20ClNOS/c1-13(2)8-12(14(3,4)17-13)18-11-6-5-9(15)7-10(11)16/h5-7,12H,8,16H2,1-4H3. The first-order chi connectivity index (χ1) is 8.20. The molecule has 0 aromatic heterocycles. The van der Waals surface area contributed by atoms with E-state index in [9.17, 15) is 0 Å². The van der Waals surface area contributed by atoms with Gasteiger partial charge in [0.15, 0.2) is 0 Å². The van der Waals surface area contributed by atoms with Crippen molar-refractivity contribution in [3.05, 3.63) is 23.2 Å². The molecule has 0 bridgehead atoms. The molecular weight excluding hydrogens is 266 g/mol. The van der Waals surface area contributed by atoms with E-state index in [4.69, 9.17) is 22.1 Å². The van der Waals surface area contributed by atoms with Gasteiger partial charge in [0.05, 0.1) is 11.2 Å². The Balaban J connectivity index is 2.19. The second kappa shape index (κ2) is 4.62. The monoisotopic (exact) mass is 285 g/mol. The molecule has 2 rings (SSSR count). The normalized spacial score (nSPS) is 25.3. The van der Waals surface area contributed by atoms with Gasteiger partial charge in [-0.05, 0) is 52.3 Å². The number of rotatable bonds is 2. The molecule has 1 saturated heterocycles. The van der Waals surface area contributed by atoms with Crippen molar-refractivity contribution in [2.45, 2.75) is 55.5 Å². The number of halogens is 1. The summed E-state index contributed by atoms with van der Waals surface area (Å²) in [4.78, 5) is 1.08. The molecule has 0 spiro atoms. The van der Waals surface area contributed by atoms with Gasteiger partial charge in [0.25, 0.3) is 0 Å². The Bertz CT molecular complexity index is 459. The lowest BCUT2D eigenvalue weighted by atomic mass is 10.0. The number of nitrogen functional groups attached to an aromatic ring is 1. The summed E-state index contributed by atoms with van der Waals surface area (Å²) < 4.78 is 6.10. The van der Waals surface area contributed by atoms with Crippen LogP contribution in [0.3, 0.4) is 0 Å². The summed E-state index contributed by atoms with van der Waals surface area (Å²) in [6, 6.07) is 5.68. The van der Waals surface area contributed by atoms with E-state index in [1.54, 1.807) is 17.8 Å². The van der Waals surface area contributed by atoms with Crippen LogP contribution in [0.2, 0.25) is 5.02 Å². The Hall–Kier alpha value is -0.380. The van der Waals surface area contributed by atoms with Crippen molar-refractivity contribution in [3.63, 3.8) is 0 Å². The number of hydrogen-bond acceptors (Lipinski definition) is 3. The number of thioether (sulfide) groups is 1.